The van der Waals surface area contributed by atoms with E-state index in [1.54, 1.807) is 24.3 Å². The Morgan fingerprint density at radius 2 is 1.81 bits per heavy atom. The number of amides is 1. The monoisotopic (exact) mass is 476 g/mol. The molecule has 0 saturated heterocycles. The van der Waals surface area contributed by atoms with Gasteiger partial charge in [0.2, 0.25) is 10.0 Å². The van der Waals surface area contributed by atoms with Crippen LogP contribution in [0.3, 0.4) is 0 Å². The van der Waals surface area contributed by atoms with Gasteiger partial charge >= 0.3 is 0 Å². The first-order valence-electron chi connectivity index (χ1n) is 9.91. The molecule has 0 atom stereocenters. The third-order valence-electron chi connectivity index (χ3n) is 4.76. The summed E-state index contributed by atoms with van der Waals surface area (Å²) in [5.41, 5.74) is 1.09. The summed E-state index contributed by atoms with van der Waals surface area (Å²) in [6.45, 7) is 1.33. The number of benzene rings is 2. The van der Waals surface area contributed by atoms with E-state index in [0.29, 0.717) is 41.1 Å². The molecule has 1 aliphatic heterocycles. The molecule has 4 rings (SSSR count). The normalized spacial score (nSPS) is 13.4. The molecule has 8 nitrogen and oxygen atoms in total. The van der Waals surface area contributed by atoms with Gasteiger partial charge in [-0.1, -0.05) is 11.6 Å². The summed E-state index contributed by atoms with van der Waals surface area (Å²) in [6, 6.07) is 12.5. The summed E-state index contributed by atoms with van der Waals surface area (Å²) in [4.78, 5) is 12.6. The molecule has 0 radical (unpaired) electrons. The zero-order valence-corrected chi connectivity index (χ0v) is 18.5. The van der Waals surface area contributed by atoms with Crippen LogP contribution in [0.4, 0.5) is 0 Å². The topological polar surface area (TPSA) is 107 Å². The first-order valence-corrected chi connectivity index (χ1v) is 11.8. The van der Waals surface area contributed by atoms with E-state index in [4.69, 9.17) is 25.5 Å². The maximum atomic E-state index is 12.5. The molecule has 0 fully saturated rings. The molecule has 10 heteroatoms. The highest BCUT2D eigenvalue weighted by Gasteiger charge is 2.17. The Morgan fingerprint density at radius 1 is 1.03 bits per heavy atom. The maximum Gasteiger partial charge on any atom is 0.251 e. The fourth-order valence-corrected chi connectivity index (χ4v) is 4.40. The number of furan rings is 1. The summed E-state index contributed by atoms with van der Waals surface area (Å²) < 4.78 is 43.6. The summed E-state index contributed by atoms with van der Waals surface area (Å²) in [6.07, 6.45) is 2.23. The van der Waals surface area contributed by atoms with E-state index in [-0.39, 0.29) is 23.9 Å². The minimum Gasteiger partial charge on any atom is -0.489 e. The second kappa shape index (κ2) is 9.64. The van der Waals surface area contributed by atoms with Crippen molar-refractivity contribution >= 4 is 27.5 Å². The fraction of sp³-hybridized carbons (Fsp3) is 0.227. The second-order valence-corrected chi connectivity index (χ2v) is 9.24. The average molecular weight is 477 g/mol. The predicted molar refractivity (Wildman–Crippen MR) is 117 cm³/mol. The van der Waals surface area contributed by atoms with Crippen LogP contribution in [-0.4, -0.2) is 27.5 Å². The third kappa shape index (κ3) is 5.24. The molecule has 0 unspecified atom stereocenters. The maximum absolute atomic E-state index is 12.5. The number of carbonyl (C=O) groups is 1. The van der Waals surface area contributed by atoms with Gasteiger partial charge in [-0.05, 0) is 54.1 Å². The van der Waals surface area contributed by atoms with Crippen LogP contribution < -0.4 is 19.5 Å². The Balaban J connectivity index is 1.38. The van der Waals surface area contributed by atoms with Crippen molar-refractivity contribution in [3.05, 3.63) is 76.7 Å². The van der Waals surface area contributed by atoms with Crippen molar-refractivity contribution in [1.82, 2.24) is 10.0 Å². The first-order chi connectivity index (χ1) is 15.4. The molecule has 0 saturated carbocycles. The van der Waals surface area contributed by atoms with Crippen molar-refractivity contribution in [2.45, 2.75) is 24.4 Å². The van der Waals surface area contributed by atoms with E-state index >= 15 is 0 Å². The van der Waals surface area contributed by atoms with Gasteiger partial charge in [0.25, 0.3) is 5.91 Å². The number of ether oxygens (including phenoxy) is 2. The van der Waals surface area contributed by atoms with Crippen LogP contribution in [0.1, 0.15) is 28.1 Å². The van der Waals surface area contributed by atoms with Crippen molar-refractivity contribution in [2.75, 3.05) is 13.2 Å². The van der Waals surface area contributed by atoms with Gasteiger partial charge in [-0.15, -0.1) is 0 Å². The van der Waals surface area contributed by atoms with Gasteiger partial charge in [0.15, 0.2) is 11.5 Å². The second-order valence-electron chi connectivity index (χ2n) is 7.07. The lowest BCUT2D eigenvalue weighted by molar-refractivity contribution is 0.0950. The van der Waals surface area contributed by atoms with E-state index in [1.807, 2.05) is 0 Å². The molecule has 32 heavy (non-hydrogen) atoms. The van der Waals surface area contributed by atoms with E-state index in [9.17, 15) is 13.2 Å². The average Bonchev–Trinajstić information content (AvgIpc) is 3.20. The molecule has 1 aromatic heterocycles. The van der Waals surface area contributed by atoms with E-state index in [1.165, 1.54) is 30.5 Å². The number of rotatable bonds is 7. The highest BCUT2D eigenvalue weighted by molar-refractivity contribution is 7.89. The number of fused-ring (bicyclic) bond motifs is 1. The van der Waals surface area contributed by atoms with Crippen molar-refractivity contribution in [3.63, 3.8) is 0 Å². The summed E-state index contributed by atoms with van der Waals surface area (Å²) >= 11 is 6.28. The third-order valence-corrected chi connectivity index (χ3v) is 6.46. The number of carbonyl (C=O) groups excluding carboxylic acids is 1. The van der Waals surface area contributed by atoms with E-state index in [0.717, 1.165) is 12.0 Å². The predicted octanol–water partition coefficient (Wildman–Crippen LogP) is 3.50. The van der Waals surface area contributed by atoms with Gasteiger partial charge in [0, 0.05) is 18.5 Å². The molecule has 2 aromatic carbocycles. The van der Waals surface area contributed by atoms with Crippen LogP contribution in [0.25, 0.3) is 0 Å². The van der Waals surface area contributed by atoms with E-state index in [2.05, 4.69) is 10.0 Å². The van der Waals surface area contributed by atoms with Gasteiger partial charge < -0.3 is 19.2 Å². The van der Waals surface area contributed by atoms with Gasteiger partial charge in [-0.2, -0.15) is 0 Å². The minimum atomic E-state index is -3.73. The van der Waals surface area contributed by atoms with Crippen LogP contribution in [0.15, 0.2) is 64.1 Å². The molecule has 2 heterocycles. The van der Waals surface area contributed by atoms with Crippen molar-refractivity contribution in [3.8, 4) is 11.5 Å². The lowest BCUT2D eigenvalue weighted by Crippen LogP contribution is -2.24. The largest absolute Gasteiger partial charge is 0.489 e. The van der Waals surface area contributed by atoms with Crippen molar-refractivity contribution < 1.29 is 27.1 Å². The standard InChI is InChI=1S/C22H21ClN2O6S/c23-19-11-15(12-20-21(19)31-10-2-9-30-20)13-24-22(26)16-4-6-18(7-5-16)32(27,28)25-14-17-3-1-8-29-17/h1,3-8,11-12,25H,2,9-10,13-14H2,(H,24,26). The Kier molecular flexibility index (Phi) is 6.69. The number of sulfonamides is 1. The molecule has 0 spiro atoms. The highest BCUT2D eigenvalue weighted by atomic mass is 35.5. The number of hydrogen-bond acceptors (Lipinski definition) is 6. The molecule has 0 bridgehead atoms. The fourth-order valence-electron chi connectivity index (χ4n) is 3.12. The van der Waals surface area contributed by atoms with Crippen LogP contribution in [-0.2, 0) is 23.1 Å². The van der Waals surface area contributed by atoms with Gasteiger partial charge in [0.05, 0.1) is 35.9 Å². The number of nitrogens with one attached hydrogen (secondary N) is 2. The Hall–Kier alpha value is -3.01. The number of hydrogen-bond donors (Lipinski definition) is 2. The molecule has 168 valence electrons. The van der Waals surface area contributed by atoms with Gasteiger partial charge in [0.1, 0.15) is 5.76 Å². The molecular formula is C22H21ClN2O6S. The van der Waals surface area contributed by atoms with Crippen LogP contribution in [0.5, 0.6) is 11.5 Å². The summed E-state index contributed by atoms with van der Waals surface area (Å²) in [7, 11) is -3.73. The smallest absolute Gasteiger partial charge is 0.251 e. The first kappa shape index (κ1) is 22.2. The van der Waals surface area contributed by atoms with Crippen LogP contribution in [0, 0.1) is 0 Å². The zero-order chi connectivity index (χ0) is 22.6. The molecule has 0 aliphatic carbocycles. The quantitative estimate of drug-likeness (QED) is 0.540. The van der Waals surface area contributed by atoms with Crippen LogP contribution in [0.2, 0.25) is 5.02 Å². The van der Waals surface area contributed by atoms with Gasteiger partial charge in [-0.3, -0.25) is 4.79 Å². The molecular weight excluding hydrogens is 456 g/mol. The Labute approximate surface area is 190 Å². The minimum absolute atomic E-state index is 0.0374. The molecule has 3 aromatic rings. The highest BCUT2D eigenvalue weighted by Crippen LogP contribution is 2.37. The molecule has 1 aliphatic rings. The molecule has 2 N–H and O–H groups in total. The van der Waals surface area contributed by atoms with E-state index < -0.39 is 10.0 Å². The zero-order valence-electron chi connectivity index (χ0n) is 17.0. The molecule has 1 amide bonds. The lowest BCUT2D eigenvalue weighted by atomic mass is 10.1. The van der Waals surface area contributed by atoms with Crippen LogP contribution >= 0.6 is 11.6 Å². The SMILES string of the molecule is O=C(NCc1cc(Cl)c2c(c1)OCCCO2)c1ccc(S(=O)(=O)NCc2ccco2)cc1. The number of halogens is 1. The Morgan fingerprint density at radius 3 is 2.56 bits per heavy atom. The van der Waals surface area contributed by atoms with Gasteiger partial charge in [-0.25, -0.2) is 13.1 Å². The summed E-state index contributed by atoms with van der Waals surface area (Å²) in [5, 5.41) is 3.22. The summed E-state index contributed by atoms with van der Waals surface area (Å²) in [5.74, 6) is 1.22. The van der Waals surface area contributed by atoms with Crippen molar-refractivity contribution in [1.29, 1.82) is 0 Å². The Bertz CT molecular complexity index is 1190. The van der Waals surface area contributed by atoms with Crippen molar-refractivity contribution in [2.24, 2.45) is 0 Å². The lowest BCUT2D eigenvalue weighted by Gasteiger charge is -2.12.